The highest BCUT2D eigenvalue weighted by atomic mass is 16.5. The maximum Gasteiger partial charge on any atom is 0.326 e. The molecule has 0 bridgehead atoms. The van der Waals surface area contributed by atoms with E-state index >= 15 is 0 Å². The number of carbonyl (C=O) groups is 7. The maximum atomic E-state index is 12.5. The Balaban J connectivity index is 5.08. The van der Waals surface area contributed by atoms with E-state index in [-0.39, 0.29) is 25.5 Å². The highest BCUT2D eigenvalue weighted by Gasteiger charge is 2.35. The van der Waals surface area contributed by atoms with E-state index in [1.54, 1.807) is 6.92 Å². The molecule has 0 aliphatic carbocycles. The SMILES string of the molecule is CCC(NC(=O)CCC(NC(=O)C(C)NC(=O)CO[C@@H]([C@H](O)[C@H](O)CO)[C@H](C=O)NC(C)=O)C(N)=O)C(=O)O. The van der Waals surface area contributed by atoms with Crippen LogP contribution in [0, 0.1) is 0 Å². The molecule has 0 saturated heterocycles. The normalized spacial score (nSPS) is 16.3. The summed E-state index contributed by atoms with van der Waals surface area (Å²) in [7, 11) is 0. The third kappa shape index (κ3) is 13.1. The van der Waals surface area contributed by atoms with Crippen LogP contribution in [0.25, 0.3) is 0 Å². The molecule has 0 aromatic carbocycles. The molecule has 0 fully saturated rings. The van der Waals surface area contributed by atoms with Crippen molar-refractivity contribution in [1.82, 2.24) is 21.3 Å². The van der Waals surface area contributed by atoms with Crippen molar-refractivity contribution in [1.29, 1.82) is 0 Å². The minimum absolute atomic E-state index is 0.128. The second-order valence-corrected chi connectivity index (χ2v) is 8.54. The lowest BCUT2D eigenvalue weighted by Crippen LogP contribution is -2.56. The van der Waals surface area contributed by atoms with E-state index in [1.807, 2.05) is 0 Å². The number of rotatable bonds is 19. The van der Waals surface area contributed by atoms with Gasteiger partial charge < -0.3 is 57.0 Å². The third-order valence-electron chi connectivity index (χ3n) is 5.33. The number of aliphatic hydroxyl groups is 3. The first-order valence-electron chi connectivity index (χ1n) is 11.9. The molecule has 17 nitrogen and oxygen atoms in total. The summed E-state index contributed by atoms with van der Waals surface area (Å²) in [5.74, 6) is -5.40. The Bertz CT molecular complexity index is 885. The molecular formula is C22H37N5O12. The van der Waals surface area contributed by atoms with Gasteiger partial charge in [-0.15, -0.1) is 0 Å². The van der Waals surface area contributed by atoms with Crippen molar-refractivity contribution in [3.63, 3.8) is 0 Å². The first-order valence-corrected chi connectivity index (χ1v) is 11.9. The second-order valence-electron chi connectivity index (χ2n) is 8.54. The largest absolute Gasteiger partial charge is 0.480 e. The average Bonchev–Trinajstić information content (AvgIpc) is 2.87. The predicted octanol–water partition coefficient (Wildman–Crippen LogP) is -4.98. The number of nitrogens with one attached hydrogen (secondary N) is 4. The summed E-state index contributed by atoms with van der Waals surface area (Å²) in [6, 6.07) is -5.21. The van der Waals surface area contributed by atoms with Crippen molar-refractivity contribution in [2.75, 3.05) is 13.2 Å². The van der Waals surface area contributed by atoms with Crippen LogP contribution in [0.4, 0.5) is 0 Å². The molecule has 39 heavy (non-hydrogen) atoms. The monoisotopic (exact) mass is 563 g/mol. The Morgan fingerprint density at radius 2 is 1.59 bits per heavy atom. The zero-order valence-corrected chi connectivity index (χ0v) is 21.8. The van der Waals surface area contributed by atoms with Crippen LogP contribution < -0.4 is 27.0 Å². The summed E-state index contributed by atoms with van der Waals surface area (Å²) in [5, 5.41) is 46.8. The van der Waals surface area contributed by atoms with Crippen LogP contribution in [-0.2, 0) is 38.3 Å². The van der Waals surface area contributed by atoms with Gasteiger partial charge in [-0.3, -0.25) is 24.0 Å². The van der Waals surface area contributed by atoms with Crippen molar-refractivity contribution < 1.29 is 58.7 Å². The Hall–Kier alpha value is -3.67. The van der Waals surface area contributed by atoms with Gasteiger partial charge in [0, 0.05) is 13.3 Å². The number of aliphatic hydroxyl groups excluding tert-OH is 3. The number of carboxylic acids is 1. The fraction of sp³-hybridized carbons (Fsp3) is 0.682. The Labute approximate surface area is 223 Å². The van der Waals surface area contributed by atoms with E-state index in [4.69, 9.17) is 20.7 Å². The summed E-state index contributed by atoms with van der Waals surface area (Å²) in [5.41, 5.74) is 5.26. The lowest BCUT2D eigenvalue weighted by molar-refractivity contribution is -0.146. The number of amides is 5. The number of aliphatic carboxylic acids is 1. The number of aldehydes is 1. The Morgan fingerprint density at radius 1 is 0.974 bits per heavy atom. The number of hydrogen-bond donors (Lipinski definition) is 9. The zero-order valence-electron chi connectivity index (χ0n) is 21.8. The summed E-state index contributed by atoms with van der Waals surface area (Å²) in [6.45, 7) is 2.08. The number of nitrogens with two attached hydrogens (primary N) is 1. The van der Waals surface area contributed by atoms with E-state index < -0.39 is 91.2 Å². The van der Waals surface area contributed by atoms with Gasteiger partial charge in [0.25, 0.3) is 0 Å². The lowest BCUT2D eigenvalue weighted by atomic mass is 10.0. The molecule has 7 atom stereocenters. The van der Waals surface area contributed by atoms with Gasteiger partial charge in [-0.1, -0.05) is 6.92 Å². The molecule has 10 N–H and O–H groups in total. The van der Waals surface area contributed by atoms with Gasteiger partial charge in [0.15, 0.2) is 0 Å². The average molecular weight is 564 g/mol. The zero-order chi connectivity index (χ0) is 30.3. The maximum absolute atomic E-state index is 12.5. The third-order valence-corrected chi connectivity index (χ3v) is 5.33. The van der Waals surface area contributed by atoms with E-state index in [1.165, 1.54) is 6.92 Å². The van der Waals surface area contributed by atoms with Crippen LogP contribution in [0.3, 0.4) is 0 Å². The lowest BCUT2D eigenvalue weighted by Gasteiger charge is -2.30. The van der Waals surface area contributed by atoms with Crippen LogP contribution >= 0.6 is 0 Å². The summed E-state index contributed by atoms with van der Waals surface area (Å²) in [4.78, 5) is 82.2. The minimum Gasteiger partial charge on any atom is -0.480 e. The van der Waals surface area contributed by atoms with Gasteiger partial charge in [0.1, 0.15) is 55.4 Å². The van der Waals surface area contributed by atoms with Crippen molar-refractivity contribution in [2.45, 2.75) is 82.5 Å². The van der Waals surface area contributed by atoms with Crippen LogP contribution in [0.5, 0.6) is 0 Å². The molecule has 0 aromatic rings. The standard InChI is InChI=1S/C22H37N5O12/c1-4-12(22(37)38)26-16(32)6-5-13(20(23)35)27-21(36)10(2)24-17(33)9-39-19(18(34)15(31)8-29)14(7-28)25-11(3)30/h7,10,12-15,18-19,29,31,34H,4-6,8-9H2,1-3H3,(H2,23,35)(H,24,33)(H,25,30)(H,26,32)(H,27,36)(H,37,38)/t10?,12?,13?,14-,15+,18+,19+/m0/s1. The first kappa shape index (κ1) is 35.3. The van der Waals surface area contributed by atoms with Gasteiger partial charge in [0.05, 0.1) is 6.61 Å². The van der Waals surface area contributed by atoms with Crippen molar-refractivity contribution in [3.8, 4) is 0 Å². The van der Waals surface area contributed by atoms with E-state index in [2.05, 4.69) is 21.3 Å². The first-order chi connectivity index (χ1) is 18.2. The van der Waals surface area contributed by atoms with Gasteiger partial charge in [-0.05, 0) is 19.8 Å². The molecule has 0 rings (SSSR count). The molecular weight excluding hydrogens is 526 g/mol. The highest BCUT2D eigenvalue weighted by molar-refractivity contribution is 5.92. The Kier molecular flexibility index (Phi) is 16.1. The smallest absolute Gasteiger partial charge is 0.326 e. The number of carboxylic acid groups (broad SMARTS) is 1. The highest BCUT2D eigenvalue weighted by Crippen LogP contribution is 2.09. The van der Waals surface area contributed by atoms with Crippen LogP contribution in [0.15, 0.2) is 0 Å². The summed E-state index contributed by atoms with van der Waals surface area (Å²) in [6.07, 6.45) is -5.57. The Morgan fingerprint density at radius 3 is 2.05 bits per heavy atom. The van der Waals surface area contributed by atoms with Gasteiger partial charge in [-0.2, -0.15) is 0 Å². The number of ether oxygens (including phenoxy) is 1. The molecule has 17 heteroatoms. The molecule has 0 radical (unpaired) electrons. The number of hydrogen-bond acceptors (Lipinski definition) is 11. The fourth-order valence-electron chi connectivity index (χ4n) is 3.15. The van der Waals surface area contributed by atoms with E-state index in [0.717, 1.165) is 6.92 Å². The van der Waals surface area contributed by atoms with Gasteiger partial charge in [0.2, 0.25) is 29.5 Å². The molecule has 222 valence electrons. The van der Waals surface area contributed by atoms with Crippen molar-refractivity contribution in [3.05, 3.63) is 0 Å². The number of primary amides is 1. The van der Waals surface area contributed by atoms with Crippen molar-refractivity contribution >= 4 is 41.8 Å². The van der Waals surface area contributed by atoms with Crippen molar-refractivity contribution in [2.24, 2.45) is 5.73 Å². The second kappa shape index (κ2) is 17.8. The topological polar surface area (TPSA) is 284 Å². The predicted molar refractivity (Wildman–Crippen MR) is 130 cm³/mol. The van der Waals surface area contributed by atoms with Gasteiger partial charge >= 0.3 is 5.97 Å². The molecule has 5 amide bonds. The summed E-state index contributed by atoms with van der Waals surface area (Å²) >= 11 is 0. The molecule has 3 unspecified atom stereocenters. The van der Waals surface area contributed by atoms with E-state index in [0.29, 0.717) is 0 Å². The summed E-state index contributed by atoms with van der Waals surface area (Å²) < 4.78 is 5.19. The minimum atomic E-state index is -1.89. The van der Waals surface area contributed by atoms with Crippen LogP contribution in [0.1, 0.15) is 40.0 Å². The molecule has 0 aliphatic heterocycles. The number of carbonyl (C=O) groups excluding carboxylic acids is 6. The molecule has 0 saturated carbocycles. The van der Waals surface area contributed by atoms with E-state index in [9.17, 15) is 43.8 Å². The van der Waals surface area contributed by atoms with Crippen LogP contribution in [0.2, 0.25) is 0 Å². The molecule has 0 aliphatic rings. The molecule has 0 heterocycles. The van der Waals surface area contributed by atoms with Gasteiger partial charge in [-0.25, -0.2) is 4.79 Å². The van der Waals surface area contributed by atoms with Crippen LogP contribution in [-0.4, -0.2) is 118 Å². The molecule has 0 aromatic heterocycles. The quantitative estimate of drug-likeness (QED) is 0.0668. The molecule has 0 spiro atoms. The fourth-order valence-corrected chi connectivity index (χ4v) is 3.15.